The summed E-state index contributed by atoms with van der Waals surface area (Å²) in [6.07, 6.45) is 2.11. The van der Waals surface area contributed by atoms with Crippen LogP contribution in [0, 0.1) is 0 Å². The summed E-state index contributed by atoms with van der Waals surface area (Å²) in [6, 6.07) is 8.51. The maximum Gasteiger partial charge on any atom is 0.239 e. The first kappa shape index (κ1) is 15.5. The minimum atomic E-state index is 0.0499. The molecule has 0 saturated carbocycles. The number of carbonyl (C=O) groups is 1. The quantitative estimate of drug-likeness (QED) is 0.789. The molecule has 0 aliphatic heterocycles. The van der Waals surface area contributed by atoms with Crippen molar-refractivity contribution < 1.29 is 4.79 Å². The monoisotopic (exact) mass is 262 g/mol. The largest absolute Gasteiger partial charge is 0.376 e. The van der Waals surface area contributed by atoms with Gasteiger partial charge < -0.3 is 10.6 Å². The smallest absolute Gasteiger partial charge is 0.239 e. The van der Waals surface area contributed by atoms with Crippen LogP contribution in [0.25, 0.3) is 0 Å². The molecule has 3 heteroatoms. The maximum atomic E-state index is 11.7. The highest BCUT2D eigenvalue weighted by molar-refractivity contribution is 5.80. The highest BCUT2D eigenvalue weighted by Crippen LogP contribution is 2.16. The van der Waals surface area contributed by atoms with Crippen molar-refractivity contribution in [3.8, 4) is 0 Å². The van der Waals surface area contributed by atoms with Crippen LogP contribution in [0.3, 0.4) is 0 Å². The van der Waals surface area contributed by atoms with E-state index in [1.54, 1.807) is 0 Å². The van der Waals surface area contributed by atoms with Gasteiger partial charge in [0.1, 0.15) is 0 Å². The molecule has 3 nitrogen and oxygen atoms in total. The summed E-state index contributed by atoms with van der Waals surface area (Å²) in [5.41, 5.74) is 2.30. The van der Waals surface area contributed by atoms with Crippen molar-refractivity contribution in [3.05, 3.63) is 29.8 Å². The normalized spacial score (nSPS) is 12.3. The van der Waals surface area contributed by atoms with Crippen molar-refractivity contribution in [2.45, 2.75) is 52.5 Å². The fraction of sp³-hybridized carbons (Fsp3) is 0.562. The Hall–Kier alpha value is -1.51. The van der Waals surface area contributed by atoms with Crippen LogP contribution in [0.2, 0.25) is 0 Å². The lowest BCUT2D eigenvalue weighted by Gasteiger charge is -2.14. The molecule has 1 unspecified atom stereocenters. The second-order valence-electron chi connectivity index (χ2n) is 5.39. The number of anilines is 1. The highest BCUT2D eigenvalue weighted by Gasteiger charge is 2.06. The molecule has 2 N–H and O–H groups in total. The SMILES string of the molecule is CCCC(C)NC(=O)CNc1ccc(C(C)C)cc1. The van der Waals surface area contributed by atoms with Crippen molar-refractivity contribution in [1.82, 2.24) is 5.32 Å². The number of carbonyl (C=O) groups excluding carboxylic acids is 1. The van der Waals surface area contributed by atoms with E-state index in [9.17, 15) is 4.79 Å². The van der Waals surface area contributed by atoms with Gasteiger partial charge in [-0.05, 0) is 37.0 Å². The Morgan fingerprint density at radius 3 is 2.32 bits per heavy atom. The number of benzene rings is 1. The lowest BCUT2D eigenvalue weighted by molar-refractivity contribution is -0.120. The molecular formula is C16H26N2O. The fourth-order valence-corrected chi connectivity index (χ4v) is 2.00. The Kier molecular flexibility index (Phi) is 6.40. The van der Waals surface area contributed by atoms with Gasteiger partial charge in [0.05, 0.1) is 6.54 Å². The van der Waals surface area contributed by atoms with Gasteiger partial charge in [0.25, 0.3) is 0 Å². The van der Waals surface area contributed by atoms with Gasteiger partial charge in [-0.25, -0.2) is 0 Å². The molecule has 106 valence electrons. The standard InChI is InChI=1S/C16H26N2O/c1-5-6-13(4)18-16(19)11-17-15-9-7-14(8-10-15)12(2)3/h7-10,12-13,17H,5-6,11H2,1-4H3,(H,18,19). The Morgan fingerprint density at radius 1 is 1.16 bits per heavy atom. The van der Waals surface area contributed by atoms with Crippen LogP contribution in [-0.2, 0) is 4.79 Å². The van der Waals surface area contributed by atoms with Crippen LogP contribution in [0.1, 0.15) is 52.0 Å². The van der Waals surface area contributed by atoms with E-state index in [0.717, 1.165) is 18.5 Å². The van der Waals surface area contributed by atoms with E-state index < -0.39 is 0 Å². The summed E-state index contributed by atoms with van der Waals surface area (Å²) < 4.78 is 0. The maximum absolute atomic E-state index is 11.7. The van der Waals surface area contributed by atoms with Crippen molar-refractivity contribution >= 4 is 11.6 Å². The second kappa shape index (κ2) is 7.82. The molecule has 0 aromatic heterocycles. The van der Waals surface area contributed by atoms with Gasteiger partial charge in [-0.2, -0.15) is 0 Å². The predicted molar refractivity (Wildman–Crippen MR) is 81.5 cm³/mol. The topological polar surface area (TPSA) is 41.1 Å². The van der Waals surface area contributed by atoms with Gasteiger partial charge in [-0.1, -0.05) is 39.3 Å². The number of rotatable bonds is 7. The number of nitrogens with one attached hydrogen (secondary N) is 2. The van der Waals surface area contributed by atoms with Crippen LogP contribution in [-0.4, -0.2) is 18.5 Å². The molecule has 1 atom stereocenters. The minimum absolute atomic E-state index is 0.0499. The van der Waals surface area contributed by atoms with Gasteiger partial charge in [0.2, 0.25) is 5.91 Å². The van der Waals surface area contributed by atoms with E-state index in [0.29, 0.717) is 12.5 Å². The Balaban J connectivity index is 2.37. The minimum Gasteiger partial charge on any atom is -0.376 e. The van der Waals surface area contributed by atoms with Crippen LogP contribution >= 0.6 is 0 Å². The zero-order valence-corrected chi connectivity index (χ0v) is 12.5. The summed E-state index contributed by atoms with van der Waals surface area (Å²) in [4.78, 5) is 11.7. The predicted octanol–water partition coefficient (Wildman–Crippen LogP) is 3.53. The third kappa shape index (κ3) is 5.77. The molecule has 0 fully saturated rings. The van der Waals surface area contributed by atoms with Gasteiger partial charge in [-0.3, -0.25) is 4.79 Å². The lowest BCUT2D eigenvalue weighted by atomic mass is 10.0. The number of amides is 1. The van der Waals surface area contributed by atoms with E-state index in [4.69, 9.17) is 0 Å². The van der Waals surface area contributed by atoms with Crippen molar-refractivity contribution in [3.63, 3.8) is 0 Å². The number of hydrogen-bond acceptors (Lipinski definition) is 2. The van der Waals surface area contributed by atoms with Crippen molar-refractivity contribution in [2.24, 2.45) is 0 Å². The molecule has 1 amide bonds. The van der Waals surface area contributed by atoms with Crippen molar-refractivity contribution in [2.75, 3.05) is 11.9 Å². The summed E-state index contributed by atoms with van der Waals surface area (Å²) in [5.74, 6) is 0.584. The molecule has 1 rings (SSSR count). The van der Waals surface area contributed by atoms with Crippen LogP contribution in [0.4, 0.5) is 5.69 Å². The van der Waals surface area contributed by atoms with E-state index >= 15 is 0 Å². The van der Waals surface area contributed by atoms with Gasteiger partial charge in [-0.15, -0.1) is 0 Å². The molecule has 1 aromatic carbocycles. The molecule has 1 aromatic rings. The van der Waals surface area contributed by atoms with Gasteiger partial charge in [0, 0.05) is 11.7 Å². The average molecular weight is 262 g/mol. The molecule has 0 aliphatic rings. The Labute approximate surface area is 116 Å². The fourth-order valence-electron chi connectivity index (χ4n) is 2.00. The molecular weight excluding hydrogens is 236 g/mol. The second-order valence-corrected chi connectivity index (χ2v) is 5.39. The van der Waals surface area contributed by atoms with E-state index in [-0.39, 0.29) is 11.9 Å². The summed E-state index contributed by atoms with van der Waals surface area (Å²) in [6.45, 7) is 8.83. The summed E-state index contributed by atoms with van der Waals surface area (Å²) >= 11 is 0. The molecule has 0 heterocycles. The van der Waals surface area contributed by atoms with Crippen LogP contribution < -0.4 is 10.6 Å². The zero-order valence-electron chi connectivity index (χ0n) is 12.5. The molecule has 19 heavy (non-hydrogen) atoms. The Morgan fingerprint density at radius 2 is 1.79 bits per heavy atom. The number of hydrogen-bond donors (Lipinski definition) is 2. The van der Waals surface area contributed by atoms with Crippen molar-refractivity contribution in [1.29, 1.82) is 0 Å². The summed E-state index contributed by atoms with van der Waals surface area (Å²) in [7, 11) is 0. The third-order valence-corrected chi connectivity index (χ3v) is 3.16. The average Bonchev–Trinajstić information content (AvgIpc) is 2.37. The van der Waals surface area contributed by atoms with Crippen LogP contribution in [0.5, 0.6) is 0 Å². The molecule has 0 saturated heterocycles. The first-order valence-corrected chi connectivity index (χ1v) is 7.16. The first-order chi connectivity index (χ1) is 9.02. The highest BCUT2D eigenvalue weighted by atomic mass is 16.1. The lowest BCUT2D eigenvalue weighted by Crippen LogP contribution is -2.36. The van der Waals surface area contributed by atoms with Crippen LogP contribution in [0.15, 0.2) is 24.3 Å². The third-order valence-electron chi connectivity index (χ3n) is 3.16. The molecule has 0 bridgehead atoms. The first-order valence-electron chi connectivity index (χ1n) is 7.16. The van der Waals surface area contributed by atoms with Gasteiger partial charge in [0.15, 0.2) is 0 Å². The molecule has 0 aliphatic carbocycles. The molecule has 0 spiro atoms. The summed E-state index contributed by atoms with van der Waals surface area (Å²) in [5, 5.41) is 6.13. The van der Waals surface area contributed by atoms with E-state index in [2.05, 4.69) is 43.5 Å². The van der Waals surface area contributed by atoms with E-state index in [1.165, 1.54) is 5.56 Å². The van der Waals surface area contributed by atoms with Gasteiger partial charge >= 0.3 is 0 Å². The Bertz CT molecular complexity index is 384. The molecule has 0 radical (unpaired) electrons. The van der Waals surface area contributed by atoms with E-state index in [1.807, 2.05) is 19.1 Å². The zero-order chi connectivity index (χ0) is 14.3.